The van der Waals surface area contributed by atoms with E-state index in [1.165, 1.54) is 6.07 Å². The SMILES string of the molecule is O=C(CCc1csc(-c2ccccn2)n1)N1CCN(c2ccccc2F)CC1. The first-order valence-electron chi connectivity index (χ1n) is 9.34. The lowest BCUT2D eigenvalue weighted by Crippen LogP contribution is -2.49. The maximum atomic E-state index is 13.9. The Hall–Kier alpha value is -2.80. The summed E-state index contributed by atoms with van der Waals surface area (Å²) >= 11 is 1.55. The van der Waals surface area contributed by atoms with Gasteiger partial charge in [0.05, 0.1) is 17.1 Å². The number of nitrogens with zero attached hydrogens (tertiary/aromatic N) is 4. The van der Waals surface area contributed by atoms with Crippen molar-refractivity contribution >= 4 is 22.9 Å². The van der Waals surface area contributed by atoms with Gasteiger partial charge >= 0.3 is 0 Å². The fourth-order valence-electron chi connectivity index (χ4n) is 3.33. The van der Waals surface area contributed by atoms with Crippen molar-refractivity contribution in [3.63, 3.8) is 0 Å². The summed E-state index contributed by atoms with van der Waals surface area (Å²) in [5, 5.41) is 2.87. The number of benzene rings is 1. The zero-order valence-corrected chi connectivity index (χ0v) is 16.2. The Bertz CT molecular complexity index is 938. The van der Waals surface area contributed by atoms with Gasteiger partial charge in [-0.15, -0.1) is 11.3 Å². The first-order chi connectivity index (χ1) is 13.7. The van der Waals surface area contributed by atoms with Crippen LogP contribution in [-0.2, 0) is 11.2 Å². The van der Waals surface area contributed by atoms with Crippen molar-refractivity contribution in [3.8, 4) is 10.7 Å². The van der Waals surface area contributed by atoms with Gasteiger partial charge in [0, 0.05) is 44.2 Å². The van der Waals surface area contributed by atoms with Crippen LogP contribution in [0.25, 0.3) is 10.7 Å². The minimum absolute atomic E-state index is 0.126. The molecule has 144 valence electrons. The summed E-state index contributed by atoms with van der Waals surface area (Å²) in [6.45, 7) is 2.52. The second-order valence-electron chi connectivity index (χ2n) is 6.68. The summed E-state index contributed by atoms with van der Waals surface area (Å²) < 4.78 is 13.9. The number of aromatic nitrogens is 2. The van der Waals surface area contributed by atoms with E-state index in [1.807, 2.05) is 39.4 Å². The van der Waals surface area contributed by atoms with Gasteiger partial charge < -0.3 is 9.80 Å². The molecule has 0 atom stereocenters. The number of anilines is 1. The molecule has 3 heterocycles. The molecule has 0 aliphatic carbocycles. The molecule has 1 amide bonds. The van der Waals surface area contributed by atoms with Crippen molar-refractivity contribution in [1.29, 1.82) is 0 Å². The Morgan fingerprint density at radius 3 is 2.61 bits per heavy atom. The highest BCUT2D eigenvalue weighted by Crippen LogP contribution is 2.23. The summed E-state index contributed by atoms with van der Waals surface area (Å²) in [4.78, 5) is 25.3. The van der Waals surface area contributed by atoms with Gasteiger partial charge in [0.1, 0.15) is 10.8 Å². The Balaban J connectivity index is 1.28. The number of aryl methyl sites for hydroxylation is 1. The molecule has 1 fully saturated rings. The second-order valence-corrected chi connectivity index (χ2v) is 7.54. The number of hydrogen-bond donors (Lipinski definition) is 0. The molecule has 0 bridgehead atoms. The highest BCUT2D eigenvalue weighted by Gasteiger charge is 2.22. The first kappa shape index (κ1) is 18.6. The molecule has 2 aromatic heterocycles. The topological polar surface area (TPSA) is 49.3 Å². The van der Waals surface area contributed by atoms with Gasteiger partial charge in [-0.05, 0) is 30.7 Å². The van der Waals surface area contributed by atoms with Crippen molar-refractivity contribution < 1.29 is 9.18 Å². The van der Waals surface area contributed by atoms with E-state index in [4.69, 9.17) is 0 Å². The number of hydrogen-bond acceptors (Lipinski definition) is 5. The molecule has 4 rings (SSSR count). The monoisotopic (exact) mass is 396 g/mol. The van der Waals surface area contributed by atoms with Crippen LogP contribution in [0, 0.1) is 5.82 Å². The summed E-state index contributed by atoms with van der Waals surface area (Å²) in [5.74, 6) is -0.0879. The molecule has 0 saturated carbocycles. The predicted octanol–water partition coefficient (Wildman–Crippen LogP) is 3.63. The molecule has 28 heavy (non-hydrogen) atoms. The van der Waals surface area contributed by atoms with Crippen molar-refractivity contribution in [2.75, 3.05) is 31.1 Å². The molecule has 7 heteroatoms. The van der Waals surface area contributed by atoms with Crippen LogP contribution in [0.2, 0.25) is 0 Å². The third-order valence-electron chi connectivity index (χ3n) is 4.86. The molecule has 1 aliphatic rings. The smallest absolute Gasteiger partial charge is 0.223 e. The summed E-state index contributed by atoms with van der Waals surface area (Å²) in [6.07, 6.45) is 2.81. The van der Waals surface area contributed by atoms with E-state index in [0.29, 0.717) is 44.7 Å². The van der Waals surface area contributed by atoms with Gasteiger partial charge in [0.25, 0.3) is 0 Å². The van der Waals surface area contributed by atoms with Crippen molar-refractivity contribution in [1.82, 2.24) is 14.9 Å². The molecule has 1 aliphatic heterocycles. The first-order valence-corrected chi connectivity index (χ1v) is 10.2. The molecule has 1 aromatic carbocycles. The average Bonchev–Trinajstić information content (AvgIpc) is 3.22. The van der Waals surface area contributed by atoms with Gasteiger partial charge in [0.2, 0.25) is 5.91 Å². The zero-order valence-electron chi connectivity index (χ0n) is 15.4. The van der Waals surface area contributed by atoms with E-state index in [9.17, 15) is 9.18 Å². The van der Waals surface area contributed by atoms with E-state index < -0.39 is 0 Å². The van der Waals surface area contributed by atoms with Gasteiger partial charge in [0.15, 0.2) is 0 Å². The van der Waals surface area contributed by atoms with E-state index >= 15 is 0 Å². The maximum Gasteiger partial charge on any atom is 0.223 e. The van der Waals surface area contributed by atoms with Crippen LogP contribution in [-0.4, -0.2) is 47.0 Å². The number of pyridine rings is 1. The Labute approximate surface area is 167 Å². The number of para-hydroxylation sites is 1. The molecular weight excluding hydrogens is 375 g/mol. The normalized spacial score (nSPS) is 14.3. The molecule has 0 N–H and O–H groups in total. The molecule has 0 spiro atoms. The largest absolute Gasteiger partial charge is 0.366 e. The average molecular weight is 396 g/mol. The highest BCUT2D eigenvalue weighted by molar-refractivity contribution is 7.13. The van der Waals surface area contributed by atoms with E-state index in [2.05, 4.69) is 9.97 Å². The standard InChI is InChI=1S/C21H21FN4OS/c22-17-5-1-2-7-19(17)25-11-13-26(14-12-25)20(27)9-8-16-15-28-21(24-16)18-6-3-4-10-23-18/h1-7,10,15H,8-9,11-14H2. The molecule has 5 nitrogen and oxygen atoms in total. The highest BCUT2D eigenvalue weighted by atomic mass is 32.1. The predicted molar refractivity (Wildman–Crippen MR) is 109 cm³/mol. The number of amides is 1. The van der Waals surface area contributed by atoms with Gasteiger partial charge in [-0.1, -0.05) is 18.2 Å². The van der Waals surface area contributed by atoms with E-state index in [-0.39, 0.29) is 11.7 Å². The number of piperazine rings is 1. The van der Waals surface area contributed by atoms with Gasteiger partial charge in [-0.2, -0.15) is 0 Å². The van der Waals surface area contributed by atoms with Crippen LogP contribution in [0.4, 0.5) is 10.1 Å². The minimum atomic E-state index is -0.213. The molecule has 0 unspecified atom stereocenters. The van der Waals surface area contributed by atoms with Crippen molar-refractivity contribution in [2.24, 2.45) is 0 Å². The van der Waals surface area contributed by atoms with E-state index in [1.54, 1.807) is 29.7 Å². The fourth-order valence-corrected chi connectivity index (χ4v) is 4.16. The van der Waals surface area contributed by atoms with Gasteiger partial charge in [-0.3, -0.25) is 9.78 Å². The lowest BCUT2D eigenvalue weighted by Gasteiger charge is -2.36. The third kappa shape index (κ3) is 4.20. The summed E-state index contributed by atoms with van der Waals surface area (Å²) in [5.41, 5.74) is 2.39. The van der Waals surface area contributed by atoms with Crippen molar-refractivity contribution in [2.45, 2.75) is 12.8 Å². The van der Waals surface area contributed by atoms with Crippen LogP contribution in [0.3, 0.4) is 0 Å². The van der Waals surface area contributed by atoms with Crippen LogP contribution in [0.1, 0.15) is 12.1 Å². The molecule has 0 radical (unpaired) electrons. The molecular formula is C21H21FN4OS. The van der Waals surface area contributed by atoms with E-state index in [0.717, 1.165) is 16.4 Å². The third-order valence-corrected chi connectivity index (χ3v) is 5.77. The van der Waals surface area contributed by atoms with Crippen LogP contribution in [0.5, 0.6) is 0 Å². The molecule has 1 saturated heterocycles. The maximum absolute atomic E-state index is 13.9. The lowest BCUT2D eigenvalue weighted by atomic mass is 10.2. The number of carbonyl (C=O) groups is 1. The minimum Gasteiger partial charge on any atom is -0.366 e. The quantitative estimate of drug-likeness (QED) is 0.661. The number of carbonyl (C=O) groups excluding carboxylic acids is 1. The fraction of sp³-hybridized carbons (Fsp3) is 0.286. The number of halogens is 1. The Morgan fingerprint density at radius 2 is 1.86 bits per heavy atom. The molecule has 3 aromatic rings. The Kier molecular flexibility index (Phi) is 5.62. The summed E-state index contributed by atoms with van der Waals surface area (Å²) in [6, 6.07) is 12.5. The van der Waals surface area contributed by atoms with Crippen LogP contribution >= 0.6 is 11.3 Å². The number of rotatable bonds is 5. The zero-order chi connectivity index (χ0) is 19.3. The Morgan fingerprint density at radius 1 is 1.07 bits per heavy atom. The summed E-state index contributed by atoms with van der Waals surface area (Å²) in [7, 11) is 0. The lowest BCUT2D eigenvalue weighted by molar-refractivity contribution is -0.131. The van der Waals surface area contributed by atoms with Crippen LogP contribution in [0.15, 0.2) is 54.0 Å². The van der Waals surface area contributed by atoms with Crippen molar-refractivity contribution in [3.05, 3.63) is 65.6 Å². The van der Waals surface area contributed by atoms with Gasteiger partial charge in [-0.25, -0.2) is 9.37 Å². The van der Waals surface area contributed by atoms with Crippen LogP contribution < -0.4 is 4.90 Å². The number of thiazole rings is 1. The second kappa shape index (κ2) is 8.48.